The number of unbranched alkanes of at least 4 members (excludes halogenated alkanes) is 1. The molecular weight excluding hydrogens is 775 g/mol. The van der Waals surface area contributed by atoms with Crippen LogP contribution in [0.5, 0.6) is 0 Å². The van der Waals surface area contributed by atoms with E-state index in [2.05, 4.69) is 42.0 Å². The number of nitrogens with one attached hydrogen (secondary N) is 6. The van der Waals surface area contributed by atoms with Crippen molar-refractivity contribution in [2.75, 3.05) is 55.0 Å². The molecule has 3 aromatic rings. The van der Waals surface area contributed by atoms with E-state index in [0.29, 0.717) is 62.3 Å². The molecule has 0 unspecified atom stereocenters. The fourth-order valence-electron chi connectivity index (χ4n) is 6.89. The fourth-order valence-corrected chi connectivity index (χ4v) is 10.3. The maximum absolute atomic E-state index is 13.6. The second kappa shape index (κ2) is 21.3. The largest absolute Gasteiger partial charge is 0.378 e. The van der Waals surface area contributed by atoms with Gasteiger partial charge in [-0.2, -0.15) is 27.2 Å². The van der Waals surface area contributed by atoms with Gasteiger partial charge >= 0.3 is 6.03 Å². The zero-order chi connectivity index (χ0) is 39.1. The van der Waals surface area contributed by atoms with Crippen LogP contribution in [0.2, 0.25) is 0 Å². The maximum Gasteiger partial charge on any atom is 0.315 e. The van der Waals surface area contributed by atoms with Crippen LogP contribution in [0.15, 0.2) is 48.5 Å². The number of thioether (sulfide) groups is 1. The standard InChI is InChI=1S/C38H49N9O6S3/c48-31(12-6-5-11-30-37-28(24-54-30)42-38(52)43-37)41-18-22-56-55-21-15-33(50)40-17-20-53-19-16-39-32(49)13-14-34(51)47-23-25-7-1-2-8-26(25)35-36(45-46-44-35)27-9-3-4-10-29(27)47/h1-4,7-10,28,30,37H,5-6,11-24H2,(H,39,49)(H,40,50)(H,41,48)(H2,42,43,52)(H,44,45,46)/t28-,30-,37-/m0/s1. The van der Waals surface area contributed by atoms with Crippen LogP contribution in [0.4, 0.5) is 10.5 Å². The van der Waals surface area contributed by atoms with Crippen LogP contribution in [-0.2, 0) is 30.5 Å². The number of para-hydroxylation sites is 1. The van der Waals surface area contributed by atoms with Crippen LogP contribution in [0, 0.1) is 0 Å². The summed E-state index contributed by atoms with van der Waals surface area (Å²) in [5.41, 5.74) is 4.76. The highest BCUT2D eigenvalue weighted by Crippen LogP contribution is 2.40. The molecule has 6 rings (SSSR count). The SMILES string of the molecule is O=C(CCCC[C@@H]1SC[C@@H]2NC(=O)N[C@@H]21)NCCSSCCC(=O)NCCOCCNC(=O)CCC(=O)N1Cc2ccccc2-c2n[nH]nc2-c2ccccc21. The lowest BCUT2D eigenvalue weighted by Crippen LogP contribution is -2.36. The van der Waals surface area contributed by atoms with Crippen molar-refractivity contribution in [2.45, 2.75) is 68.8 Å². The summed E-state index contributed by atoms with van der Waals surface area (Å²) in [4.78, 5) is 63.7. The molecule has 2 aromatic carbocycles. The predicted molar refractivity (Wildman–Crippen MR) is 221 cm³/mol. The summed E-state index contributed by atoms with van der Waals surface area (Å²) < 4.78 is 5.56. The first-order valence-electron chi connectivity index (χ1n) is 19.1. The van der Waals surface area contributed by atoms with E-state index in [1.165, 1.54) is 0 Å². The van der Waals surface area contributed by atoms with Crippen molar-refractivity contribution in [1.82, 2.24) is 42.0 Å². The van der Waals surface area contributed by atoms with Gasteiger partial charge in [-0.25, -0.2) is 4.79 Å². The van der Waals surface area contributed by atoms with Crippen LogP contribution in [-0.4, -0.2) is 113 Å². The van der Waals surface area contributed by atoms with Crippen molar-refractivity contribution >= 4 is 68.7 Å². The van der Waals surface area contributed by atoms with Crippen molar-refractivity contribution in [3.63, 3.8) is 0 Å². The summed E-state index contributed by atoms with van der Waals surface area (Å²) in [6.45, 7) is 2.21. The van der Waals surface area contributed by atoms with E-state index in [0.717, 1.165) is 58.8 Å². The Balaban J connectivity index is 0.751. The van der Waals surface area contributed by atoms with Crippen LogP contribution < -0.4 is 31.5 Å². The molecule has 56 heavy (non-hydrogen) atoms. The van der Waals surface area contributed by atoms with Gasteiger partial charge in [0.2, 0.25) is 23.6 Å². The molecule has 3 aliphatic heterocycles. The number of aromatic amines is 1. The third-order valence-electron chi connectivity index (χ3n) is 9.69. The van der Waals surface area contributed by atoms with Gasteiger partial charge < -0.3 is 36.2 Å². The molecule has 0 saturated carbocycles. The van der Waals surface area contributed by atoms with Gasteiger partial charge in [0.25, 0.3) is 0 Å². The van der Waals surface area contributed by atoms with Gasteiger partial charge in [-0.3, -0.25) is 19.2 Å². The normalized spacial score (nSPS) is 18.0. The third kappa shape index (κ3) is 11.6. The molecule has 2 fully saturated rings. The van der Waals surface area contributed by atoms with E-state index in [-0.39, 0.29) is 61.2 Å². The van der Waals surface area contributed by atoms with Gasteiger partial charge in [0.1, 0.15) is 11.4 Å². The number of fused-ring (bicyclic) bond motifs is 6. The van der Waals surface area contributed by atoms with Gasteiger partial charge in [-0.05, 0) is 24.5 Å². The Hall–Kier alpha value is -4.26. The average Bonchev–Trinajstić information content (AvgIpc) is 3.93. The van der Waals surface area contributed by atoms with Crippen molar-refractivity contribution in [3.05, 3.63) is 54.1 Å². The quantitative estimate of drug-likeness (QED) is 0.0521. The lowest BCUT2D eigenvalue weighted by atomic mass is 9.95. The summed E-state index contributed by atoms with van der Waals surface area (Å²) in [6, 6.07) is 15.8. The molecule has 300 valence electrons. The molecule has 3 aliphatic rings. The Kier molecular flexibility index (Phi) is 15.7. The number of carbonyl (C=O) groups is 5. The van der Waals surface area contributed by atoms with Crippen molar-refractivity contribution < 1.29 is 28.7 Å². The summed E-state index contributed by atoms with van der Waals surface area (Å²) >= 11 is 1.89. The zero-order valence-corrected chi connectivity index (χ0v) is 33.6. The number of hydrogen-bond donors (Lipinski definition) is 6. The number of rotatable bonds is 21. The molecule has 1 aromatic heterocycles. The Morgan fingerprint density at radius 1 is 0.786 bits per heavy atom. The lowest BCUT2D eigenvalue weighted by Gasteiger charge is -2.28. The van der Waals surface area contributed by atoms with Crippen LogP contribution >= 0.6 is 33.3 Å². The van der Waals surface area contributed by atoms with Crippen molar-refractivity contribution in [1.29, 1.82) is 0 Å². The molecule has 3 atom stereocenters. The molecule has 6 N–H and O–H groups in total. The van der Waals surface area contributed by atoms with Crippen molar-refractivity contribution in [2.24, 2.45) is 0 Å². The second-order valence-corrected chi connectivity index (χ2v) is 17.6. The number of aromatic nitrogens is 3. The third-order valence-corrected chi connectivity index (χ3v) is 13.6. The summed E-state index contributed by atoms with van der Waals surface area (Å²) in [7, 11) is 3.23. The van der Waals surface area contributed by atoms with E-state index in [9.17, 15) is 24.0 Å². The molecule has 0 spiro atoms. The fraction of sp³-hybridized carbons (Fsp3) is 0.500. The van der Waals surface area contributed by atoms with E-state index < -0.39 is 0 Å². The molecule has 2 saturated heterocycles. The summed E-state index contributed by atoms with van der Waals surface area (Å²) in [5.74, 6) is 1.97. The van der Waals surface area contributed by atoms with E-state index in [1.54, 1.807) is 26.5 Å². The summed E-state index contributed by atoms with van der Waals surface area (Å²) in [5, 5.41) is 26.5. The molecular formula is C38H49N9O6S3. The van der Waals surface area contributed by atoms with Gasteiger partial charge in [0.05, 0.1) is 37.5 Å². The van der Waals surface area contributed by atoms with E-state index in [1.807, 2.05) is 60.3 Å². The van der Waals surface area contributed by atoms with E-state index in [4.69, 9.17) is 4.74 Å². The minimum atomic E-state index is -0.240. The molecule has 0 radical (unpaired) electrons. The maximum atomic E-state index is 13.6. The Bertz CT molecular complexity index is 1830. The van der Waals surface area contributed by atoms with Crippen LogP contribution in [0.25, 0.3) is 22.5 Å². The Morgan fingerprint density at radius 2 is 1.46 bits per heavy atom. The Labute approximate surface area is 338 Å². The number of ether oxygens (including phenoxy) is 1. The van der Waals surface area contributed by atoms with Gasteiger partial charge in [0, 0.05) is 79.0 Å². The topological polar surface area (TPSA) is 200 Å². The summed E-state index contributed by atoms with van der Waals surface area (Å²) in [6.07, 6.45) is 3.78. The van der Waals surface area contributed by atoms with E-state index >= 15 is 0 Å². The number of carbonyl (C=O) groups excluding carboxylic acids is 5. The first-order chi connectivity index (χ1) is 27.4. The molecule has 4 heterocycles. The zero-order valence-electron chi connectivity index (χ0n) is 31.2. The Morgan fingerprint density at radius 3 is 2.29 bits per heavy atom. The monoisotopic (exact) mass is 823 g/mol. The van der Waals surface area contributed by atoms with Gasteiger partial charge in [-0.15, -0.1) is 0 Å². The molecule has 0 aliphatic carbocycles. The smallest absolute Gasteiger partial charge is 0.315 e. The highest BCUT2D eigenvalue weighted by Gasteiger charge is 2.42. The minimum Gasteiger partial charge on any atom is -0.378 e. The minimum absolute atomic E-state index is 0.0400. The number of hydrogen-bond acceptors (Lipinski definition) is 11. The molecule has 18 heteroatoms. The second-order valence-electron chi connectivity index (χ2n) is 13.6. The van der Waals surface area contributed by atoms with Crippen molar-refractivity contribution in [3.8, 4) is 22.5 Å². The first-order valence-corrected chi connectivity index (χ1v) is 22.6. The molecule has 6 amide bonds. The number of amides is 6. The predicted octanol–water partition coefficient (Wildman–Crippen LogP) is 3.63. The first kappa shape index (κ1) is 41.4. The van der Waals surface area contributed by atoms with Gasteiger partial charge in [0.15, 0.2) is 0 Å². The van der Waals surface area contributed by atoms with Gasteiger partial charge in [-0.1, -0.05) is 70.5 Å². The molecule has 15 nitrogen and oxygen atoms in total. The number of urea groups is 1. The van der Waals surface area contributed by atoms with Crippen LogP contribution in [0.3, 0.4) is 0 Å². The highest BCUT2D eigenvalue weighted by atomic mass is 33.1. The van der Waals surface area contributed by atoms with Crippen LogP contribution in [0.1, 0.15) is 50.5 Å². The average molecular weight is 824 g/mol. The number of H-pyrrole nitrogens is 1. The number of nitrogens with zero attached hydrogens (tertiary/aromatic N) is 3. The number of anilines is 1. The highest BCUT2D eigenvalue weighted by molar-refractivity contribution is 8.76. The lowest BCUT2D eigenvalue weighted by molar-refractivity contribution is -0.125. The molecule has 0 bridgehead atoms. The number of benzene rings is 2.